The summed E-state index contributed by atoms with van der Waals surface area (Å²) in [7, 11) is -0.620. The number of nitrogens with zero attached hydrogens (tertiary/aromatic N) is 2. The SMILES string of the molecule is CNC(=O)[C@H](Cc1ccccc1)N(Cc1ccccc1F)C(=O)CCCN(c1ccc(OC)cc1)S(C)(=O)=O. The summed E-state index contributed by atoms with van der Waals surface area (Å²) in [5.74, 6) is -0.649. The van der Waals surface area contributed by atoms with Crippen LogP contribution in [0.2, 0.25) is 0 Å². The van der Waals surface area contributed by atoms with E-state index < -0.39 is 21.9 Å². The smallest absolute Gasteiger partial charge is 0.242 e. The van der Waals surface area contributed by atoms with Gasteiger partial charge in [0.2, 0.25) is 21.8 Å². The van der Waals surface area contributed by atoms with E-state index in [9.17, 15) is 22.4 Å². The molecule has 208 valence electrons. The van der Waals surface area contributed by atoms with Crippen LogP contribution in [-0.4, -0.2) is 58.1 Å². The standard InChI is InChI=1S/C29H34FN3O5S/c1-31-29(35)27(20-22-10-5-4-6-11-22)32(21-23-12-7-8-13-26(23)30)28(34)14-9-19-33(39(3,36)37)24-15-17-25(38-2)18-16-24/h4-8,10-13,15-18,27H,9,14,19-21H2,1-3H3,(H,31,35)/t27-/m0/s1. The maximum Gasteiger partial charge on any atom is 0.242 e. The van der Waals surface area contributed by atoms with Gasteiger partial charge in [-0.3, -0.25) is 13.9 Å². The zero-order valence-corrected chi connectivity index (χ0v) is 23.2. The highest BCUT2D eigenvalue weighted by molar-refractivity contribution is 7.92. The van der Waals surface area contributed by atoms with Gasteiger partial charge in [-0.15, -0.1) is 0 Å². The summed E-state index contributed by atoms with van der Waals surface area (Å²) in [6.45, 7) is -0.0571. The van der Waals surface area contributed by atoms with Gasteiger partial charge in [0.05, 0.1) is 19.1 Å². The average Bonchev–Trinajstić information content (AvgIpc) is 2.93. The summed E-state index contributed by atoms with van der Waals surface area (Å²) in [6, 6.07) is 21.1. The fourth-order valence-electron chi connectivity index (χ4n) is 4.28. The normalized spacial score (nSPS) is 11.9. The molecule has 0 saturated carbocycles. The molecular weight excluding hydrogens is 521 g/mol. The number of rotatable bonds is 13. The lowest BCUT2D eigenvalue weighted by atomic mass is 10.0. The Morgan fingerprint density at radius 2 is 1.62 bits per heavy atom. The van der Waals surface area contributed by atoms with Gasteiger partial charge in [0.1, 0.15) is 17.6 Å². The molecule has 0 aliphatic carbocycles. The number of benzene rings is 3. The van der Waals surface area contributed by atoms with Gasteiger partial charge in [0.15, 0.2) is 0 Å². The number of carbonyl (C=O) groups excluding carboxylic acids is 2. The molecule has 0 spiro atoms. The van der Waals surface area contributed by atoms with Crippen molar-refractivity contribution in [2.75, 3.05) is 31.3 Å². The number of carbonyl (C=O) groups is 2. The highest BCUT2D eigenvalue weighted by atomic mass is 32.2. The number of anilines is 1. The van der Waals surface area contributed by atoms with Gasteiger partial charge >= 0.3 is 0 Å². The van der Waals surface area contributed by atoms with E-state index in [1.165, 1.54) is 29.4 Å². The Balaban J connectivity index is 1.84. The fourth-order valence-corrected chi connectivity index (χ4v) is 5.25. The van der Waals surface area contributed by atoms with Gasteiger partial charge in [-0.25, -0.2) is 12.8 Å². The summed E-state index contributed by atoms with van der Waals surface area (Å²) in [5.41, 5.74) is 1.57. The molecule has 0 heterocycles. The van der Waals surface area contributed by atoms with E-state index in [1.807, 2.05) is 30.3 Å². The van der Waals surface area contributed by atoms with Crippen molar-refractivity contribution in [1.29, 1.82) is 0 Å². The van der Waals surface area contributed by atoms with Crippen molar-refractivity contribution in [3.8, 4) is 5.75 Å². The number of ether oxygens (including phenoxy) is 1. The van der Waals surface area contributed by atoms with Gasteiger partial charge in [-0.05, 0) is 42.3 Å². The zero-order chi connectivity index (χ0) is 28.4. The maximum atomic E-state index is 14.6. The second-order valence-electron chi connectivity index (χ2n) is 9.07. The van der Waals surface area contributed by atoms with Gasteiger partial charge < -0.3 is 15.0 Å². The molecule has 0 aliphatic heterocycles. The molecule has 0 saturated heterocycles. The summed E-state index contributed by atoms with van der Waals surface area (Å²) >= 11 is 0. The zero-order valence-electron chi connectivity index (χ0n) is 22.3. The van der Waals surface area contributed by atoms with Crippen LogP contribution in [0.15, 0.2) is 78.9 Å². The lowest BCUT2D eigenvalue weighted by Crippen LogP contribution is -2.50. The predicted octanol–water partition coefficient (Wildman–Crippen LogP) is 3.77. The number of amides is 2. The number of halogens is 1. The van der Waals surface area contributed by atoms with Crippen molar-refractivity contribution < 1.29 is 27.1 Å². The first-order valence-corrected chi connectivity index (χ1v) is 14.4. The Kier molecular flexibility index (Phi) is 10.4. The fraction of sp³-hybridized carbons (Fsp3) is 0.310. The Labute approximate surface area is 229 Å². The van der Waals surface area contributed by atoms with Crippen molar-refractivity contribution in [2.24, 2.45) is 0 Å². The average molecular weight is 556 g/mol. The van der Waals surface area contributed by atoms with Crippen LogP contribution in [0.1, 0.15) is 24.0 Å². The van der Waals surface area contributed by atoms with E-state index in [1.54, 1.807) is 42.5 Å². The van der Waals surface area contributed by atoms with Gasteiger partial charge in [0, 0.05) is 38.5 Å². The molecule has 3 aromatic carbocycles. The van der Waals surface area contributed by atoms with Crippen LogP contribution >= 0.6 is 0 Å². The highest BCUT2D eigenvalue weighted by Crippen LogP contribution is 2.23. The van der Waals surface area contributed by atoms with Crippen molar-refractivity contribution in [1.82, 2.24) is 10.2 Å². The number of sulfonamides is 1. The summed E-state index contributed by atoms with van der Waals surface area (Å²) in [6.07, 6.45) is 1.49. The van der Waals surface area contributed by atoms with E-state index in [2.05, 4.69) is 5.32 Å². The molecule has 0 radical (unpaired) electrons. The van der Waals surface area contributed by atoms with E-state index in [0.717, 1.165) is 11.8 Å². The Hall–Kier alpha value is -3.92. The first kappa shape index (κ1) is 29.6. The number of nitrogens with one attached hydrogen (secondary N) is 1. The molecule has 10 heteroatoms. The Morgan fingerprint density at radius 1 is 0.974 bits per heavy atom. The van der Waals surface area contributed by atoms with Crippen molar-refractivity contribution in [3.05, 3.63) is 95.8 Å². The van der Waals surface area contributed by atoms with Gasteiger partial charge in [0.25, 0.3) is 0 Å². The molecule has 3 aromatic rings. The monoisotopic (exact) mass is 555 g/mol. The van der Waals surface area contributed by atoms with Crippen LogP contribution < -0.4 is 14.4 Å². The number of hydrogen-bond donors (Lipinski definition) is 1. The molecule has 2 amide bonds. The largest absolute Gasteiger partial charge is 0.497 e. The van der Waals surface area contributed by atoms with E-state index >= 15 is 0 Å². The van der Waals surface area contributed by atoms with Crippen molar-refractivity contribution >= 4 is 27.5 Å². The summed E-state index contributed by atoms with van der Waals surface area (Å²) in [4.78, 5) is 28.0. The summed E-state index contributed by atoms with van der Waals surface area (Å²) < 4.78 is 46.0. The quantitative estimate of drug-likeness (QED) is 0.347. The minimum Gasteiger partial charge on any atom is -0.497 e. The topological polar surface area (TPSA) is 96.0 Å². The Morgan fingerprint density at radius 3 is 2.21 bits per heavy atom. The number of methoxy groups -OCH3 is 1. The van der Waals surface area contributed by atoms with E-state index in [0.29, 0.717) is 11.4 Å². The third kappa shape index (κ3) is 8.28. The molecule has 0 aliphatic rings. The molecule has 0 bridgehead atoms. The second kappa shape index (κ2) is 13.7. The highest BCUT2D eigenvalue weighted by Gasteiger charge is 2.30. The molecule has 0 aromatic heterocycles. The van der Waals surface area contributed by atoms with Gasteiger partial charge in [-0.2, -0.15) is 0 Å². The van der Waals surface area contributed by atoms with Crippen LogP contribution in [0.25, 0.3) is 0 Å². The molecular formula is C29H34FN3O5S. The van der Waals surface area contributed by atoms with Crippen LogP contribution in [0.4, 0.5) is 10.1 Å². The molecule has 1 atom stereocenters. The predicted molar refractivity (Wildman–Crippen MR) is 149 cm³/mol. The molecule has 1 N–H and O–H groups in total. The van der Waals surface area contributed by atoms with Crippen molar-refractivity contribution in [2.45, 2.75) is 31.8 Å². The van der Waals surface area contributed by atoms with Crippen LogP contribution in [0.5, 0.6) is 5.75 Å². The first-order valence-electron chi connectivity index (χ1n) is 12.5. The molecule has 3 rings (SSSR count). The third-order valence-corrected chi connectivity index (χ3v) is 7.52. The lowest BCUT2D eigenvalue weighted by molar-refractivity contribution is -0.141. The molecule has 39 heavy (non-hydrogen) atoms. The van der Waals surface area contributed by atoms with Gasteiger partial charge in [-0.1, -0.05) is 48.5 Å². The van der Waals surface area contributed by atoms with E-state index in [4.69, 9.17) is 4.74 Å². The second-order valence-corrected chi connectivity index (χ2v) is 11.0. The lowest BCUT2D eigenvalue weighted by Gasteiger charge is -2.31. The van der Waals surface area contributed by atoms with Crippen LogP contribution in [0.3, 0.4) is 0 Å². The third-order valence-electron chi connectivity index (χ3n) is 6.33. The molecule has 8 nitrogen and oxygen atoms in total. The van der Waals surface area contributed by atoms with Crippen LogP contribution in [0, 0.1) is 5.82 Å². The molecule has 0 fully saturated rings. The van der Waals surface area contributed by atoms with Crippen molar-refractivity contribution in [3.63, 3.8) is 0 Å². The number of likely N-dealkylation sites (N-methyl/N-ethyl adjacent to an activating group) is 1. The maximum absolute atomic E-state index is 14.6. The number of hydrogen-bond acceptors (Lipinski definition) is 5. The summed E-state index contributed by atoms with van der Waals surface area (Å²) in [5, 5.41) is 2.62. The minimum absolute atomic E-state index is 0.0427. The minimum atomic E-state index is -3.63. The van der Waals surface area contributed by atoms with Crippen LogP contribution in [-0.2, 0) is 32.6 Å². The van der Waals surface area contributed by atoms with E-state index in [-0.39, 0.29) is 49.7 Å². The first-order chi connectivity index (χ1) is 18.6. The Bertz CT molecular complexity index is 1350. The molecule has 0 unspecified atom stereocenters.